The van der Waals surface area contributed by atoms with E-state index in [1.807, 2.05) is 24.3 Å². The molecule has 3 rings (SSSR count). The van der Waals surface area contributed by atoms with E-state index >= 15 is 0 Å². The molecule has 1 N–H and O–H groups in total. The minimum absolute atomic E-state index is 0.258. The van der Waals surface area contributed by atoms with E-state index in [2.05, 4.69) is 25.4 Å². The summed E-state index contributed by atoms with van der Waals surface area (Å²) in [5.41, 5.74) is 0.799. The molecule has 19 heavy (non-hydrogen) atoms. The van der Waals surface area contributed by atoms with E-state index in [0.717, 1.165) is 10.9 Å². The van der Waals surface area contributed by atoms with Gasteiger partial charge in [-0.05, 0) is 12.1 Å². The molecule has 96 valence electrons. The lowest BCUT2D eigenvalue weighted by Gasteiger charge is -2.06. The van der Waals surface area contributed by atoms with E-state index in [4.69, 9.17) is 4.74 Å². The van der Waals surface area contributed by atoms with Gasteiger partial charge in [0.05, 0.1) is 10.9 Å². The monoisotopic (exact) mass is 256 g/mol. The second-order valence-electron chi connectivity index (χ2n) is 3.92. The predicted molar refractivity (Wildman–Crippen MR) is 70.2 cm³/mol. The van der Waals surface area contributed by atoms with Gasteiger partial charge in [0.2, 0.25) is 11.8 Å². The Balaban J connectivity index is 2.10. The largest absolute Gasteiger partial charge is 0.403 e. The highest BCUT2D eigenvalue weighted by molar-refractivity contribution is 5.84. The number of rotatable bonds is 3. The third-order valence-corrected chi connectivity index (χ3v) is 2.56. The quantitative estimate of drug-likeness (QED) is 0.766. The van der Waals surface area contributed by atoms with Crippen molar-refractivity contribution in [3.05, 3.63) is 30.6 Å². The Labute approximate surface area is 109 Å². The number of hydrogen-bond acceptors (Lipinski definition) is 6. The van der Waals surface area contributed by atoms with Crippen molar-refractivity contribution >= 4 is 16.9 Å². The Morgan fingerprint density at radius 1 is 1.21 bits per heavy atom. The molecule has 7 nitrogen and oxygen atoms in total. The molecule has 0 aliphatic carbocycles. The maximum absolute atomic E-state index is 5.62. The number of para-hydroxylation sites is 1. The first-order valence-corrected chi connectivity index (χ1v) is 5.74. The van der Waals surface area contributed by atoms with Gasteiger partial charge < -0.3 is 10.1 Å². The number of nitrogens with zero attached hydrogens (tertiary/aromatic N) is 5. The van der Waals surface area contributed by atoms with Crippen molar-refractivity contribution in [2.24, 2.45) is 7.05 Å². The number of fused-ring (bicyclic) bond motifs is 1. The third kappa shape index (κ3) is 2.17. The van der Waals surface area contributed by atoms with Crippen molar-refractivity contribution in [3.63, 3.8) is 0 Å². The maximum atomic E-state index is 5.62. The van der Waals surface area contributed by atoms with Crippen molar-refractivity contribution in [2.75, 3.05) is 12.4 Å². The highest BCUT2D eigenvalue weighted by Gasteiger charge is 2.10. The van der Waals surface area contributed by atoms with Crippen LogP contribution < -0.4 is 10.1 Å². The molecule has 0 spiro atoms. The van der Waals surface area contributed by atoms with Crippen LogP contribution in [-0.2, 0) is 7.05 Å². The number of anilines is 1. The fraction of sp³-hybridized carbons (Fsp3) is 0.167. The van der Waals surface area contributed by atoms with Crippen molar-refractivity contribution in [2.45, 2.75) is 0 Å². The van der Waals surface area contributed by atoms with Crippen molar-refractivity contribution in [3.8, 4) is 11.9 Å². The molecule has 2 heterocycles. The molecule has 3 aromatic rings. The second kappa shape index (κ2) is 4.52. The molecule has 0 saturated carbocycles. The lowest BCUT2D eigenvalue weighted by molar-refractivity contribution is 0.428. The van der Waals surface area contributed by atoms with E-state index in [1.165, 1.54) is 0 Å². The molecule has 0 atom stereocenters. The summed E-state index contributed by atoms with van der Waals surface area (Å²) in [6.07, 6.45) is 1.57. The van der Waals surface area contributed by atoms with Crippen LogP contribution in [0.25, 0.3) is 10.9 Å². The molecule has 0 radical (unpaired) electrons. The molecule has 0 fully saturated rings. The highest BCUT2D eigenvalue weighted by Crippen LogP contribution is 2.26. The van der Waals surface area contributed by atoms with Gasteiger partial charge in [0.1, 0.15) is 6.33 Å². The van der Waals surface area contributed by atoms with Crippen LogP contribution in [-0.4, -0.2) is 31.8 Å². The van der Waals surface area contributed by atoms with Crippen LogP contribution in [0.1, 0.15) is 0 Å². The molecule has 2 aromatic heterocycles. The van der Waals surface area contributed by atoms with Crippen LogP contribution >= 0.6 is 0 Å². The number of aromatic nitrogens is 5. The van der Waals surface area contributed by atoms with E-state index in [0.29, 0.717) is 11.8 Å². The van der Waals surface area contributed by atoms with Crippen LogP contribution in [0.3, 0.4) is 0 Å². The van der Waals surface area contributed by atoms with Gasteiger partial charge >= 0.3 is 6.01 Å². The fourth-order valence-electron chi connectivity index (χ4n) is 1.69. The highest BCUT2D eigenvalue weighted by atomic mass is 16.5. The van der Waals surface area contributed by atoms with E-state index in [9.17, 15) is 0 Å². The Morgan fingerprint density at radius 3 is 2.79 bits per heavy atom. The van der Waals surface area contributed by atoms with Gasteiger partial charge in [-0.1, -0.05) is 12.1 Å². The minimum atomic E-state index is 0.258. The second-order valence-corrected chi connectivity index (χ2v) is 3.92. The van der Waals surface area contributed by atoms with Crippen LogP contribution in [0.2, 0.25) is 0 Å². The summed E-state index contributed by atoms with van der Waals surface area (Å²) in [6, 6.07) is 7.87. The van der Waals surface area contributed by atoms with Crippen molar-refractivity contribution in [1.82, 2.24) is 24.7 Å². The van der Waals surface area contributed by atoms with Crippen LogP contribution in [0.5, 0.6) is 11.9 Å². The lowest BCUT2D eigenvalue weighted by Crippen LogP contribution is -2.00. The number of hydrogen-bond donors (Lipinski definition) is 1. The molecule has 0 unspecified atom stereocenters. The zero-order chi connectivity index (χ0) is 13.2. The third-order valence-electron chi connectivity index (χ3n) is 2.56. The molecule has 7 heteroatoms. The summed E-state index contributed by atoms with van der Waals surface area (Å²) >= 11 is 0. The summed E-state index contributed by atoms with van der Waals surface area (Å²) < 4.78 is 7.19. The number of benzene rings is 1. The number of nitrogens with one attached hydrogen (secondary N) is 1. The predicted octanol–water partition coefficient (Wildman–Crippen LogP) is 1.59. The molecule has 0 bridgehead atoms. The summed E-state index contributed by atoms with van der Waals surface area (Å²) in [5, 5.41) is 7.79. The van der Waals surface area contributed by atoms with Gasteiger partial charge in [0.15, 0.2) is 0 Å². The first-order chi connectivity index (χ1) is 9.26. The zero-order valence-electron chi connectivity index (χ0n) is 10.5. The topological polar surface area (TPSA) is 77.8 Å². The first kappa shape index (κ1) is 11.4. The summed E-state index contributed by atoms with van der Waals surface area (Å²) in [6.45, 7) is 0. The standard InChI is InChI=1S/C12H12N6O/c1-13-11-15-9-6-4-3-5-8(9)10(16-11)19-12-14-7-18(2)17-12/h3-7H,1-2H3,(H,13,15,16). The number of ether oxygens (including phenoxy) is 1. The molecular weight excluding hydrogens is 244 g/mol. The Hall–Kier alpha value is -2.70. The molecule has 0 saturated heterocycles. The van der Waals surface area contributed by atoms with Gasteiger partial charge in [-0.3, -0.25) is 4.68 Å². The van der Waals surface area contributed by atoms with Crippen molar-refractivity contribution in [1.29, 1.82) is 0 Å². The van der Waals surface area contributed by atoms with Crippen molar-refractivity contribution < 1.29 is 4.74 Å². The Kier molecular flexibility index (Phi) is 2.71. The van der Waals surface area contributed by atoms with Gasteiger partial charge in [-0.2, -0.15) is 9.97 Å². The van der Waals surface area contributed by atoms with E-state index in [-0.39, 0.29) is 6.01 Å². The van der Waals surface area contributed by atoms with Gasteiger partial charge in [0, 0.05) is 14.1 Å². The Morgan fingerprint density at radius 2 is 2.05 bits per heavy atom. The van der Waals surface area contributed by atoms with Crippen LogP contribution in [0, 0.1) is 0 Å². The average molecular weight is 256 g/mol. The Bertz CT molecular complexity index is 723. The number of aryl methyl sites for hydroxylation is 1. The molecule has 1 aromatic carbocycles. The van der Waals surface area contributed by atoms with Gasteiger partial charge in [0.25, 0.3) is 0 Å². The zero-order valence-corrected chi connectivity index (χ0v) is 10.5. The minimum Gasteiger partial charge on any atom is -0.403 e. The van der Waals surface area contributed by atoms with Gasteiger partial charge in [-0.25, -0.2) is 4.98 Å². The normalized spacial score (nSPS) is 10.6. The maximum Gasteiger partial charge on any atom is 0.342 e. The lowest BCUT2D eigenvalue weighted by atomic mass is 10.2. The summed E-state index contributed by atoms with van der Waals surface area (Å²) in [5.74, 6) is 0.922. The summed E-state index contributed by atoms with van der Waals surface area (Å²) in [4.78, 5) is 12.7. The van der Waals surface area contributed by atoms with E-state index in [1.54, 1.807) is 25.1 Å². The molecular formula is C12H12N6O. The summed E-state index contributed by atoms with van der Waals surface area (Å²) in [7, 11) is 3.53. The first-order valence-electron chi connectivity index (χ1n) is 5.74. The molecule has 0 amide bonds. The fourth-order valence-corrected chi connectivity index (χ4v) is 1.69. The molecule has 0 aliphatic heterocycles. The van der Waals surface area contributed by atoms with Gasteiger partial charge in [-0.15, -0.1) is 5.10 Å². The average Bonchev–Trinajstić information content (AvgIpc) is 2.84. The van der Waals surface area contributed by atoms with E-state index < -0.39 is 0 Å². The SMILES string of the molecule is CNc1nc(Oc2ncn(C)n2)c2ccccc2n1. The molecule has 0 aliphatic rings. The van der Waals surface area contributed by atoms with Crippen LogP contribution in [0.15, 0.2) is 30.6 Å². The smallest absolute Gasteiger partial charge is 0.342 e. The van der Waals surface area contributed by atoms with Crippen LogP contribution in [0.4, 0.5) is 5.95 Å².